The number of hydrogen-bond donors (Lipinski definition) is 1. The molecule has 1 aliphatic heterocycles. The SMILES string of the molecule is CCCCCCC(=O)N(CCN1CCCC1)CC(=O)Nc1cc(C)on1. The number of nitrogens with one attached hydrogen (secondary N) is 1. The van der Waals surface area contributed by atoms with Crippen molar-refractivity contribution < 1.29 is 14.1 Å². The molecule has 2 heterocycles. The minimum atomic E-state index is -0.235. The second kappa shape index (κ2) is 11.0. The molecule has 0 atom stereocenters. The van der Waals surface area contributed by atoms with Crippen LogP contribution in [0.15, 0.2) is 10.6 Å². The van der Waals surface area contributed by atoms with Crippen LogP contribution in [0.5, 0.6) is 0 Å². The van der Waals surface area contributed by atoms with Gasteiger partial charge in [-0.3, -0.25) is 9.59 Å². The van der Waals surface area contributed by atoms with Crippen molar-refractivity contribution in [3.8, 4) is 0 Å². The monoisotopic (exact) mass is 364 g/mol. The summed E-state index contributed by atoms with van der Waals surface area (Å²) in [7, 11) is 0. The van der Waals surface area contributed by atoms with Crippen molar-refractivity contribution in [2.45, 2.75) is 58.8 Å². The number of nitrogens with zero attached hydrogens (tertiary/aromatic N) is 3. The lowest BCUT2D eigenvalue weighted by Crippen LogP contribution is -2.42. The molecule has 7 nitrogen and oxygen atoms in total. The Balaban J connectivity index is 1.85. The first-order valence-corrected chi connectivity index (χ1v) is 9.81. The number of aryl methyl sites for hydroxylation is 1. The molecule has 1 aromatic rings. The predicted molar refractivity (Wildman–Crippen MR) is 101 cm³/mol. The normalized spacial score (nSPS) is 14.5. The third-order valence-corrected chi connectivity index (χ3v) is 4.71. The van der Waals surface area contributed by atoms with Gasteiger partial charge in [-0.25, -0.2) is 0 Å². The van der Waals surface area contributed by atoms with Gasteiger partial charge in [0.05, 0.1) is 6.54 Å². The molecule has 0 saturated carbocycles. The molecular formula is C19H32N4O3. The minimum absolute atomic E-state index is 0.0618. The summed E-state index contributed by atoms with van der Waals surface area (Å²) in [5.74, 6) is 0.856. The number of unbranched alkanes of at least 4 members (excludes halogenated alkanes) is 3. The van der Waals surface area contributed by atoms with Crippen LogP contribution in [0, 0.1) is 6.92 Å². The summed E-state index contributed by atoms with van der Waals surface area (Å²) in [6, 6.07) is 1.67. The molecule has 2 rings (SSSR count). The average Bonchev–Trinajstić information content (AvgIpc) is 3.27. The zero-order valence-corrected chi connectivity index (χ0v) is 16.1. The van der Waals surface area contributed by atoms with Gasteiger partial charge in [-0.05, 0) is 39.3 Å². The van der Waals surface area contributed by atoms with Crippen LogP contribution in [-0.2, 0) is 9.59 Å². The highest BCUT2D eigenvalue weighted by atomic mass is 16.5. The summed E-state index contributed by atoms with van der Waals surface area (Å²) in [6.45, 7) is 7.58. The second-order valence-electron chi connectivity index (χ2n) is 7.05. The van der Waals surface area contributed by atoms with E-state index < -0.39 is 0 Å². The number of likely N-dealkylation sites (tertiary alicyclic amines) is 1. The van der Waals surface area contributed by atoms with Crippen molar-refractivity contribution in [2.24, 2.45) is 0 Å². The molecule has 0 bridgehead atoms. The van der Waals surface area contributed by atoms with Gasteiger partial charge in [-0.15, -0.1) is 0 Å². The summed E-state index contributed by atoms with van der Waals surface area (Å²) >= 11 is 0. The topological polar surface area (TPSA) is 78.7 Å². The van der Waals surface area contributed by atoms with E-state index in [1.165, 1.54) is 12.8 Å². The predicted octanol–water partition coefficient (Wildman–Crippen LogP) is 2.82. The first-order valence-electron chi connectivity index (χ1n) is 9.81. The molecule has 2 amide bonds. The molecule has 0 aliphatic carbocycles. The molecule has 1 fully saturated rings. The Morgan fingerprint density at radius 1 is 1.27 bits per heavy atom. The van der Waals surface area contributed by atoms with E-state index in [1.54, 1.807) is 17.9 Å². The van der Waals surface area contributed by atoms with Crippen LogP contribution in [0.1, 0.15) is 57.6 Å². The zero-order chi connectivity index (χ0) is 18.8. The maximum absolute atomic E-state index is 12.6. The number of carbonyl (C=O) groups is 2. The average molecular weight is 364 g/mol. The van der Waals surface area contributed by atoms with Gasteiger partial charge in [-0.2, -0.15) is 0 Å². The van der Waals surface area contributed by atoms with Gasteiger partial charge in [-0.1, -0.05) is 31.3 Å². The minimum Gasteiger partial charge on any atom is -0.360 e. The molecule has 1 aliphatic rings. The maximum Gasteiger partial charge on any atom is 0.245 e. The summed E-state index contributed by atoms with van der Waals surface area (Å²) in [4.78, 5) is 28.9. The summed E-state index contributed by atoms with van der Waals surface area (Å²) in [5, 5.41) is 6.47. The van der Waals surface area contributed by atoms with Crippen molar-refractivity contribution in [1.29, 1.82) is 0 Å². The lowest BCUT2D eigenvalue weighted by molar-refractivity contribution is -0.135. The van der Waals surface area contributed by atoms with Crippen LogP contribution >= 0.6 is 0 Å². The number of carbonyl (C=O) groups excluding carboxylic acids is 2. The van der Waals surface area contributed by atoms with Crippen molar-refractivity contribution in [3.05, 3.63) is 11.8 Å². The van der Waals surface area contributed by atoms with E-state index in [0.717, 1.165) is 45.3 Å². The molecule has 0 aromatic carbocycles. The molecular weight excluding hydrogens is 332 g/mol. The third-order valence-electron chi connectivity index (χ3n) is 4.71. The van der Waals surface area contributed by atoms with E-state index in [9.17, 15) is 9.59 Å². The fraction of sp³-hybridized carbons (Fsp3) is 0.737. The first-order chi connectivity index (χ1) is 12.6. The van der Waals surface area contributed by atoms with Crippen LogP contribution in [-0.4, -0.2) is 59.5 Å². The molecule has 1 saturated heterocycles. The molecule has 1 N–H and O–H groups in total. The lowest BCUT2D eigenvalue weighted by Gasteiger charge is -2.25. The zero-order valence-electron chi connectivity index (χ0n) is 16.1. The second-order valence-corrected chi connectivity index (χ2v) is 7.05. The molecule has 7 heteroatoms. The van der Waals surface area contributed by atoms with Crippen LogP contribution in [0.2, 0.25) is 0 Å². The Morgan fingerprint density at radius 2 is 2.04 bits per heavy atom. The van der Waals surface area contributed by atoms with E-state index in [1.807, 2.05) is 0 Å². The van der Waals surface area contributed by atoms with Gasteiger partial charge in [0.25, 0.3) is 0 Å². The van der Waals surface area contributed by atoms with Crippen molar-refractivity contribution in [2.75, 3.05) is 38.0 Å². The van der Waals surface area contributed by atoms with E-state index in [2.05, 4.69) is 22.3 Å². The van der Waals surface area contributed by atoms with Crippen LogP contribution in [0.25, 0.3) is 0 Å². The van der Waals surface area contributed by atoms with Gasteiger partial charge in [0.1, 0.15) is 5.76 Å². The summed E-state index contributed by atoms with van der Waals surface area (Å²) in [6.07, 6.45) is 7.19. The van der Waals surface area contributed by atoms with Gasteiger partial charge in [0, 0.05) is 25.6 Å². The van der Waals surface area contributed by atoms with Crippen LogP contribution < -0.4 is 5.32 Å². The lowest BCUT2D eigenvalue weighted by atomic mass is 10.1. The Kier molecular flexibility index (Phi) is 8.61. The summed E-state index contributed by atoms with van der Waals surface area (Å²) < 4.78 is 4.96. The summed E-state index contributed by atoms with van der Waals surface area (Å²) in [5.41, 5.74) is 0. The fourth-order valence-electron chi connectivity index (χ4n) is 3.20. The molecule has 0 radical (unpaired) electrons. The Hall–Kier alpha value is -1.89. The maximum atomic E-state index is 12.6. The van der Waals surface area contributed by atoms with Crippen molar-refractivity contribution in [1.82, 2.24) is 15.0 Å². The van der Waals surface area contributed by atoms with Crippen molar-refractivity contribution in [3.63, 3.8) is 0 Å². The largest absolute Gasteiger partial charge is 0.360 e. The van der Waals surface area contributed by atoms with E-state index in [-0.39, 0.29) is 18.4 Å². The third kappa shape index (κ3) is 7.15. The van der Waals surface area contributed by atoms with Gasteiger partial charge < -0.3 is 19.6 Å². The Morgan fingerprint density at radius 3 is 2.69 bits per heavy atom. The molecule has 0 unspecified atom stereocenters. The molecule has 26 heavy (non-hydrogen) atoms. The standard InChI is InChI=1S/C19H32N4O3/c1-3-4-5-6-9-19(25)23(13-12-22-10-7-8-11-22)15-18(24)20-17-14-16(2)26-21-17/h14H,3-13,15H2,1-2H3,(H,20,21,24). The highest BCUT2D eigenvalue weighted by molar-refractivity contribution is 5.93. The number of amides is 2. The van der Waals surface area contributed by atoms with Crippen molar-refractivity contribution >= 4 is 17.6 Å². The highest BCUT2D eigenvalue weighted by Gasteiger charge is 2.20. The smallest absolute Gasteiger partial charge is 0.245 e. The fourth-order valence-corrected chi connectivity index (χ4v) is 3.20. The van der Waals surface area contributed by atoms with Crippen LogP contribution in [0.3, 0.4) is 0 Å². The van der Waals surface area contributed by atoms with E-state index in [0.29, 0.717) is 24.5 Å². The molecule has 0 spiro atoms. The highest BCUT2D eigenvalue weighted by Crippen LogP contribution is 2.10. The van der Waals surface area contributed by atoms with Gasteiger partial charge in [0.2, 0.25) is 11.8 Å². The molecule has 146 valence electrons. The number of anilines is 1. The quantitative estimate of drug-likeness (QED) is 0.611. The van der Waals surface area contributed by atoms with E-state index in [4.69, 9.17) is 4.52 Å². The number of rotatable bonds is 11. The number of aromatic nitrogens is 1. The Bertz CT molecular complexity index is 567. The molecule has 1 aromatic heterocycles. The first kappa shape index (κ1) is 20.4. The van der Waals surface area contributed by atoms with Gasteiger partial charge >= 0.3 is 0 Å². The Labute approximate surface area is 156 Å². The number of hydrogen-bond acceptors (Lipinski definition) is 5. The van der Waals surface area contributed by atoms with E-state index >= 15 is 0 Å². The van der Waals surface area contributed by atoms with Gasteiger partial charge in [0.15, 0.2) is 5.82 Å². The van der Waals surface area contributed by atoms with Crippen LogP contribution in [0.4, 0.5) is 5.82 Å².